The van der Waals surface area contributed by atoms with Crippen molar-refractivity contribution in [2.75, 3.05) is 5.32 Å². The molecule has 0 unspecified atom stereocenters. The largest absolute Gasteiger partial charge is 0.320 e. The van der Waals surface area contributed by atoms with Gasteiger partial charge in [0.25, 0.3) is 11.6 Å². The maximum absolute atomic E-state index is 12.7. The number of aryl methyl sites for hydroxylation is 1. The molecule has 1 aromatic carbocycles. The van der Waals surface area contributed by atoms with Gasteiger partial charge in [0.2, 0.25) is 5.95 Å². The number of nitro groups is 1. The third-order valence-electron chi connectivity index (χ3n) is 2.66. The second kappa shape index (κ2) is 5.43. The molecule has 6 nitrogen and oxygen atoms in total. The van der Waals surface area contributed by atoms with Crippen LogP contribution >= 0.6 is 0 Å². The van der Waals surface area contributed by atoms with Crippen molar-refractivity contribution >= 4 is 17.3 Å². The first-order valence-electron chi connectivity index (χ1n) is 5.66. The number of amides is 1. The molecule has 0 radical (unpaired) electrons. The van der Waals surface area contributed by atoms with Crippen LogP contribution in [-0.4, -0.2) is 15.8 Å². The highest BCUT2D eigenvalue weighted by Gasteiger charge is 2.22. The predicted octanol–water partition coefficient (Wildman–Crippen LogP) is 2.69. The standard InChI is InChI=1S/C13H10FN3O3/c1-8-3-2-4-10(17(19)20)12(8)13(18)16-9-5-6-11(14)15-7-9/h2-7H,1H3,(H,16,18). The molecule has 0 fully saturated rings. The Hall–Kier alpha value is -2.83. The molecule has 0 atom stereocenters. The molecule has 0 aliphatic rings. The van der Waals surface area contributed by atoms with Gasteiger partial charge >= 0.3 is 0 Å². The van der Waals surface area contributed by atoms with Gasteiger partial charge in [0, 0.05) is 6.07 Å². The Labute approximate surface area is 113 Å². The molecule has 102 valence electrons. The van der Waals surface area contributed by atoms with Crippen LogP contribution in [0.2, 0.25) is 0 Å². The average Bonchev–Trinajstić information content (AvgIpc) is 2.40. The first-order chi connectivity index (χ1) is 9.49. The summed E-state index contributed by atoms with van der Waals surface area (Å²) < 4.78 is 12.7. The molecule has 20 heavy (non-hydrogen) atoms. The number of carbonyl (C=O) groups excluding carboxylic acids is 1. The number of anilines is 1. The van der Waals surface area contributed by atoms with Crippen LogP contribution in [0.3, 0.4) is 0 Å². The van der Waals surface area contributed by atoms with Crippen LogP contribution in [0.5, 0.6) is 0 Å². The van der Waals surface area contributed by atoms with E-state index in [0.717, 1.165) is 12.3 Å². The van der Waals surface area contributed by atoms with Gasteiger partial charge in [-0.15, -0.1) is 0 Å². The Bertz CT molecular complexity index is 671. The van der Waals surface area contributed by atoms with Crippen LogP contribution < -0.4 is 5.32 Å². The second-order valence-corrected chi connectivity index (χ2v) is 4.05. The number of nitrogens with zero attached hydrogens (tertiary/aromatic N) is 2. The lowest BCUT2D eigenvalue weighted by Gasteiger charge is -2.07. The van der Waals surface area contributed by atoms with Gasteiger partial charge in [-0.05, 0) is 24.6 Å². The summed E-state index contributed by atoms with van der Waals surface area (Å²) in [4.78, 5) is 25.8. The number of rotatable bonds is 3. The lowest BCUT2D eigenvalue weighted by molar-refractivity contribution is -0.385. The molecule has 0 saturated carbocycles. The maximum Gasteiger partial charge on any atom is 0.282 e. The molecule has 2 aromatic rings. The third kappa shape index (κ3) is 2.77. The van der Waals surface area contributed by atoms with Gasteiger partial charge in [0.1, 0.15) is 5.56 Å². The summed E-state index contributed by atoms with van der Waals surface area (Å²) in [7, 11) is 0. The zero-order chi connectivity index (χ0) is 14.7. The normalized spacial score (nSPS) is 10.1. The number of hydrogen-bond donors (Lipinski definition) is 1. The number of hydrogen-bond acceptors (Lipinski definition) is 4. The van der Waals surface area contributed by atoms with Gasteiger partial charge in [-0.1, -0.05) is 12.1 Å². The minimum atomic E-state index is -0.676. The highest BCUT2D eigenvalue weighted by atomic mass is 19.1. The first-order valence-corrected chi connectivity index (χ1v) is 5.66. The smallest absolute Gasteiger partial charge is 0.282 e. The Balaban J connectivity index is 2.34. The number of carbonyl (C=O) groups is 1. The molecule has 0 aliphatic heterocycles. The minimum absolute atomic E-state index is 0.0261. The van der Waals surface area contributed by atoms with Crippen molar-refractivity contribution in [2.45, 2.75) is 6.92 Å². The van der Waals surface area contributed by atoms with Crippen LogP contribution in [0.25, 0.3) is 0 Å². The molecule has 1 aromatic heterocycles. The lowest BCUT2D eigenvalue weighted by atomic mass is 10.1. The van der Waals surface area contributed by atoms with Gasteiger partial charge in [0.15, 0.2) is 0 Å². The molecule has 0 aliphatic carbocycles. The number of aromatic nitrogens is 1. The zero-order valence-electron chi connectivity index (χ0n) is 10.5. The molecule has 7 heteroatoms. The van der Waals surface area contributed by atoms with E-state index in [1.54, 1.807) is 13.0 Å². The van der Waals surface area contributed by atoms with Crippen LogP contribution in [0.1, 0.15) is 15.9 Å². The van der Waals surface area contributed by atoms with Crippen molar-refractivity contribution in [3.63, 3.8) is 0 Å². The van der Waals surface area contributed by atoms with E-state index in [2.05, 4.69) is 10.3 Å². The maximum atomic E-state index is 12.7. The number of nitro benzene ring substituents is 1. The van der Waals surface area contributed by atoms with E-state index in [-0.39, 0.29) is 16.9 Å². The van der Waals surface area contributed by atoms with Crippen molar-refractivity contribution < 1.29 is 14.1 Å². The summed E-state index contributed by atoms with van der Waals surface area (Å²) in [5.74, 6) is -1.31. The summed E-state index contributed by atoms with van der Waals surface area (Å²) in [6.07, 6.45) is 1.14. The lowest BCUT2D eigenvalue weighted by Crippen LogP contribution is -2.15. The summed E-state index contributed by atoms with van der Waals surface area (Å²) in [5.41, 5.74) is 0.431. The number of halogens is 1. The van der Waals surface area contributed by atoms with Gasteiger partial charge in [-0.2, -0.15) is 4.39 Å². The molecular formula is C13H10FN3O3. The molecule has 1 amide bonds. The van der Waals surface area contributed by atoms with E-state index < -0.39 is 16.8 Å². The zero-order valence-corrected chi connectivity index (χ0v) is 10.5. The summed E-state index contributed by atoms with van der Waals surface area (Å²) in [6, 6.07) is 6.77. The summed E-state index contributed by atoms with van der Waals surface area (Å²) >= 11 is 0. The van der Waals surface area contributed by atoms with Crippen molar-refractivity contribution in [1.82, 2.24) is 4.98 Å². The van der Waals surface area contributed by atoms with Crippen LogP contribution in [0, 0.1) is 23.0 Å². The topological polar surface area (TPSA) is 85.1 Å². The van der Waals surface area contributed by atoms with Crippen molar-refractivity contribution in [3.8, 4) is 0 Å². The molecule has 2 rings (SSSR count). The molecule has 0 saturated heterocycles. The van der Waals surface area contributed by atoms with Gasteiger partial charge in [0.05, 0.1) is 16.8 Å². The van der Waals surface area contributed by atoms with Crippen molar-refractivity contribution in [1.29, 1.82) is 0 Å². The van der Waals surface area contributed by atoms with E-state index in [4.69, 9.17) is 0 Å². The number of nitrogens with one attached hydrogen (secondary N) is 1. The SMILES string of the molecule is Cc1cccc([N+](=O)[O-])c1C(=O)Nc1ccc(F)nc1. The van der Waals surface area contributed by atoms with E-state index in [1.807, 2.05) is 0 Å². The van der Waals surface area contributed by atoms with Crippen molar-refractivity contribution in [2.24, 2.45) is 0 Å². The van der Waals surface area contributed by atoms with Crippen LogP contribution in [0.15, 0.2) is 36.5 Å². The van der Waals surface area contributed by atoms with Crippen LogP contribution in [-0.2, 0) is 0 Å². The van der Waals surface area contributed by atoms with E-state index in [9.17, 15) is 19.3 Å². The Morgan fingerprint density at radius 2 is 2.10 bits per heavy atom. The Kier molecular flexibility index (Phi) is 3.69. The van der Waals surface area contributed by atoms with Gasteiger partial charge in [-0.25, -0.2) is 4.98 Å². The Morgan fingerprint density at radius 3 is 2.70 bits per heavy atom. The fraction of sp³-hybridized carbons (Fsp3) is 0.0769. The molecule has 0 bridgehead atoms. The average molecular weight is 275 g/mol. The van der Waals surface area contributed by atoms with Gasteiger partial charge in [-0.3, -0.25) is 14.9 Å². The molecular weight excluding hydrogens is 265 g/mol. The minimum Gasteiger partial charge on any atom is -0.320 e. The van der Waals surface area contributed by atoms with Gasteiger partial charge < -0.3 is 5.32 Å². The summed E-state index contributed by atoms with van der Waals surface area (Å²) in [6.45, 7) is 1.60. The fourth-order valence-electron chi connectivity index (χ4n) is 1.74. The molecule has 0 spiro atoms. The second-order valence-electron chi connectivity index (χ2n) is 4.05. The quantitative estimate of drug-likeness (QED) is 0.530. The van der Waals surface area contributed by atoms with E-state index in [1.165, 1.54) is 18.2 Å². The third-order valence-corrected chi connectivity index (χ3v) is 2.66. The first kappa shape index (κ1) is 13.6. The fourth-order valence-corrected chi connectivity index (χ4v) is 1.74. The number of benzene rings is 1. The van der Waals surface area contributed by atoms with Crippen LogP contribution in [0.4, 0.5) is 15.8 Å². The molecule has 1 N–H and O–H groups in total. The monoisotopic (exact) mass is 275 g/mol. The predicted molar refractivity (Wildman–Crippen MR) is 70.0 cm³/mol. The van der Waals surface area contributed by atoms with E-state index >= 15 is 0 Å². The highest BCUT2D eigenvalue weighted by molar-refractivity contribution is 6.08. The highest BCUT2D eigenvalue weighted by Crippen LogP contribution is 2.23. The number of pyridine rings is 1. The van der Waals surface area contributed by atoms with Crippen molar-refractivity contribution in [3.05, 3.63) is 63.7 Å². The Morgan fingerprint density at radius 1 is 1.35 bits per heavy atom. The van der Waals surface area contributed by atoms with E-state index in [0.29, 0.717) is 5.56 Å². The molecule has 1 heterocycles. The summed E-state index contributed by atoms with van der Waals surface area (Å²) in [5, 5.41) is 13.4.